The number of aromatic nitrogens is 3. The average molecular weight is 395 g/mol. The van der Waals surface area contributed by atoms with Crippen LogP contribution in [0, 0.1) is 15.9 Å². The summed E-state index contributed by atoms with van der Waals surface area (Å²) in [6.45, 7) is 0. The molecule has 0 N–H and O–H groups in total. The second-order valence-electron chi connectivity index (χ2n) is 5.19. The van der Waals surface area contributed by atoms with Crippen molar-refractivity contribution >= 4 is 29.1 Å². The molecule has 0 aliphatic carbocycles. The van der Waals surface area contributed by atoms with Crippen LogP contribution in [0.2, 0.25) is 5.02 Å². The van der Waals surface area contributed by atoms with E-state index in [-0.39, 0.29) is 10.6 Å². The fraction of sp³-hybridized carbons (Fsp3) is 0.125. The highest BCUT2D eigenvalue weighted by Gasteiger charge is 2.25. The Labute approximate surface area is 156 Å². The Balaban J connectivity index is 2.01. The molecule has 0 saturated heterocycles. The van der Waals surface area contributed by atoms with Crippen LogP contribution in [-0.4, -0.2) is 26.8 Å². The Hall–Kier alpha value is -2.65. The summed E-state index contributed by atoms with van der Waals surface area (Å²) in [7, 11) is 3.07. The molecule has 26 heavy (non-hydrogen) atoms. The van der Waals surface area contributed by atoms with E-state index in [2.05, 4.69) is 10.2 Å². The van der Waals surface area contributed by atoms with Crippen LogP contribution < -0.4 is 4.74 Å². The number of nitro groups is 1. The molecule has 0 spiro atoms. The zero-order chi connectivity index (χ0) is 18.8. The van der Waals surface area contributed by atoms with E-state index in [1.54, 1.807) is 35.9 Å². The highest BCUT2D eigenvalue weighted by Crippen LogP contribution is 2.39. The van der Waals surface area contributed by atoms with Crippen molar-refractivity contribution in [2.24, 2.45) is 7.05 Å². The van der Waals surface area contributed by atoms with Gasteiger partial charge in [0, 0.05) is 29.8 Å². The fourth-order valence-electron chi connectivity index (χ4n) is 2.28. The summed E-state index contributed by atoms with van der Waals surface area (Å²) in [6.07, 6.45) is 0. The molecule has 134 valence electrons. The number of hydrogen-bond acceptors (Lipinski definition) is 6. The minimum absolute atomic E-state index is 0.0741. The van der Waals surface area contributed by atoms with Gasteiger partial charge in [0.05, 0.1) is 16.9 Å². The molecule has 7 nitrogen and oxygen atoms in total. The van der Waals surface area contributed by atoms with Gasteiger partial charge in [0.25, 0.3) is 0 Å². The van der Waals surface area contributed by atoms with E-state index in [0.717, 1.165) is 23.4 Å². The molecule has 3 rings (SSSR count). The van der Waals surface area contributed by atoms with Crippen molar-refractivity contribution < 1.29 is 14.1 Å². The first-order chi connectivity index (χ1) is 12.4. The third kappa shape index (κ3) is 3.49. The van der Waals surface area contributed by atoms with Crippen molar-refractivity contribution in [2.75, 3.05) is 7.11 Å². The van der Waals surface area contributed by atoms with Crippen molar-refractivity contribution in [3.8, 4) is 17.1 Å². The Kier molecular flexibility index (Phi) is 5.10. The second kappa shape index (κ2) is 7.30. The standard InChI is InChI=1S/C16H12ClFN4O3S/c1-21-15(9-3-5-10(17)6-4-9)19-20-16(21)26-13-8-11(25-2)7-12(18)14(13)22(23)24/h3-8H,1-2H3. The second-order valence-corrected chi connectivity index (χ2v) is 6.63. The van der Waals surface area contributed by atoms with Crippen LogP contribution >= 0.6 is 23.4 Å². The van der Waals surface area contributed by atoms with Gasteiger partial charge in [-0.3, -0.25) is 10.1 Å². The predicted molar refractivity (Wildman–Crippen MR) is 95.2 cm³/mol. The molecular formula is C16H12ClFN4O3S. The number of methoxy groups -OCH3 is 1. The zero-order valence-electron chi connectivity index (χ0n) is 13.6. The number of benzene rings is 2. The van der Waals surface area contributed by atoms with Crippen LogP contribution in [0.5, 0.6) is 5.75 Å². The van der Waals surface area contributed by atoms with Gasteiger partial charge in [-0.25, -0.2) is 0 Å². The van der Waals surface area contributed by atoms with E-state index in [0.29, 0.717) is 16.0 Å². The van der Waals surface area contributed by atoms with Crippen molar-refractivity contribution in [1.29, 1.82) is 0 Å². The summed E-state index contributed by atoms with van der Waals surface area (Å²) in [4.78, 5) is 10.5. The van der Waals surface area contributed by atoms with E-state index in [4.69, 9.17) is 16.3 Å². The van der Waals surface area contributed by atoms with Gasteiger partial charge in [-0.05, 0) is 36.0 Å². The first-order valence-corrected chi connectivity index (χ1v) is 8.45. The summed E-state index contributed by atoms with van der Waals surface area (Å²) in [5.74, 6) is -0.247. The van der Waals surface area contributed by atoms with Gasteiger partial charge >= 0.3 is 5.69 Å². The maximum absolute atomic E-state index is 14.1. The van der Waals surface area contributed by atoms with Crippen molar-refractivity contribution in [2.45, 2.75) is 10.1 Å². The molecule has 1 heterocycles. The lowest BCUT2D eigenvalue weighted by atomic mass is 10.2. The first kappa shape index (κ1) is 18.2. The summed E-state index contributed by atoms with van der Waals surface area (Å²) in [5, 5.41) is 20.3. The number of halogens is 2. The van der Waals surface area contributed by atoms with Gasteiger partial charge in [-0.15, -0.1) is 10.2 Å². The lowest BCUT2D eigenvalue weighted by molar-refractivity contribution is -0.390. The molecule has 0 fully saturated rings. The normalized spacial score (nSPS) is 10.8. The van der Waals surface area contributed by atoms with Crippen LogP contribution in [0.15, 0.2) is 46.5 Å². The summed E-state index contributed by atoms with van der Waals surface area (Å²) in [5.41, 5.74) is 0.148. The zero-order valence-corrected chi connectivity index (χ0v) is 15.2. The highest BCUT2D eigenvalue weighted by atomic mass is 35.5. The number of nitrogens with zero attached hydrogens (tertiary/aromatic N) is 4. The van der Waals surface area contributed by atoms with Crippen LogP contribution in [0.4, 0.5) is 10.1 Å². The molecule has 1 aromatic heterocycles. The Morgan fingerprint density at radius 3 is 2.58 bits per heavy atom. The van der Waals surface area contributed by atoms with Gasteiger partial charge in [-0.2, -0.15) is 4.39 Å². The smallest absolute Gasteiger partial charge is 0.318 e. The first-order valence-electron chi connectivity index (χ1n) is 7.26. The third-order valence-corrected chi connectivity index (χ3v) is 4.88. The largest absolute Gasteiger partial charge is 0.497 e. The van der Waals surface area contributed by atoms with Crippen LogP contribution in [-0.2, 0) is 7.05 Å². The molecule has 0 radical (unpaired) electrons. The summed E-state index contributed by atoms with van der Waals surface area (Å²) < 4.78 is 20.7. The van der Waals surface area contributed by atoms with Gasteiger partial charge in [0.15, 0.2) is 11.0 Å². The summed E-state index contributed by atoms with van der Waals surface area (Å²) in [6, 6.07) is 9.38. The number of nitro benzene ring substituents is 1. The quantitative estimate of drug-likeness (QED) is 0.472. The number of hydrogen-bond donors (Lipinski definition) is 0. The lowest BCUT2D eigenvalue weighted by Crippen LogP contribution is -1.99. The van der Waals surface area contributed by atoms with Crippen molar-refractivity contribution in [3.05, 3.63) is 57.4 Å². The Morgan fingerprint density at radius 2 is 1.96 bits per heavy atom. The van der Waals surface area contributed by atoms with E-state index in [1.807, 2.05) is 0 Å². The Morgan fingerprint density at radius 1 is 1.27 bits per heavy atom. The molecule has 0 amide bonds. The molecule has 2 aromatic carbocycles. The average Bonchev–Trinajstić information content (AvgIpc) is 2.95. The minimum atomic E-state index is -0.975. The molecule has 0 unspecified atom stereocenters. The van der Waals surface area contributed by atoms with Crippen LogP contribution in [0.3, 0.4) is 0 Å². The van der Waals surface area contributed by atoms with Crippen LogP contribution in [0.25, 0.3) is 11.4 Å². The lowest BCUT2D eigenvalue weighted by Gasteiger charge is -2.07. The van der Waals surface area contributed by atoms with Crippen LogP contribution in [0.1, 0.15) is 0 Å². The predicted octanol–water partition coefficient (Wildman–Crippen LogP) is 4.34. The van der Waals surface area contributed by atoms with Gasteiger partial charge in [0.1, 0.15) is 5.75 Å². The number of ether oxygens (including phenoxy) is 1. The third-order valence-electron chi connectivity index (χ3n) is 3.56. The van der Waals surface area contributed by atoms with Gasteiger partial charge in [-0.1, -0.05) is 11.6 Å². The van der Waals surface area contributed by atoms with E-state index in [1.165, 1.54) is 13.2 Å². The molecular weight excluding hydrogens is 383 g/mol. The highest BCUT2D eigenvalue weighted by molar-refractivity contribution is 7.99. The van der Waals surface area contributed by atoms with E-state index >= 15 is 0 Å². The Bertz CT molecular complexity index is 978. The van der Waals surface area contributed by atoms with E-state index < -0.39 is 16.4 Å². The SMILES string of the molecule is COc1cc(F)c([N+](=O)[O-])c(Sc2nnc(-c3ccc(Cl)cc3)n2C)c1. The molecule has 0 aliphatic heterocycles. The van der Waals surface area contributed by atoms with E-state index in [9.17, 15) is 14.5 Å². The van der Waals surface area contributed by atoms with Gasteiger partial charge < -0.3 is 9.30 Å². The molecule has 0 aliphatic rings. The summed E-state index contributed by atoms with van der Waals surface area (Å²) >= 11 is 6.82. The minimum Gasteiger partial charge on any atom is -0.497 e. The topological polar surface area (TPSA) is 83.1 Å². The molecule has 0 saturated carbocycles. The van der Waals surface area contributed by atoms with Crippen molar-refractivity contribution in [1.82, 2.24) is 14.8 Å². The maximum atomic E-state index is 14.1. The van der Waals surface area contributed by atoms with Crippen molar-refractivity contribution in [3.63, 3.8) is 0 Å². The van der Waals surface area contributed by atoms with Gasteiger partial charge in [0.2, 0.25) is 5.82 Å². The molecule has 0 atom stereocenters. The molecule has 0 bridgehead atoms. The molecule has 10 heteroatoms. The fourth-order valence-corrected chi connectivity index (χ4v) is 3.35. The maximum Gasteiger partial charge on any atom is 0.318 e. The molecule has 3 aromatic rings. The monoisotopic (exact) mass is 394 g/mol. The number of rotatable bonds is 5.